The van der Waals surface area contributed by atoms with E-state index in [1.807, 2.05) is 30.3 Å². The van der Waals surface area contributed by atoms with Gasteiger partial charge in [-0.1, -0.05) is 70.5 Å². The number of rotatable bonds is 2. The third-order valence-electron chi connectivity index (χ3n) is 3.58. The van der Waals surface area contributed by atoms with E-state index in [0.29, 0.717) is 5.56 Å². The zero-order chi connectivity index (χ0) is 14.1. The van der Waals surface area contributed by atoms with Crippen LogP contribution in [-0.4, -0.2) is 0 Å². The normalized spacial score (nSPS) is 12.6. The van der Waals surface area contributed by atoms with Crippen molar-refractivity contribution in [3.05, 3.63) is 83.2 Å². The molecule has 0 radical (unpaired) electrons. The number of alkyl halides is 1. The fraction of sp³-hybridized carbons (Fsp3) is 0.111. The molecule has 0 saturated carbocycles. The van der Waals surface area contributed by atoms with Crippen LogP contribution in [0.1, 0.15) is 21.5 Å². The number of fused-ring (bicyclic) bond motifs is 1. The highest BCUT2D eigenvalue weighted by molar-refractivity contribution is 9.09. The Labute approximate surface area is 126 Å². The van der Waals surface area contributed by atoms with Crippen LogP contribution in [0.15, 0.2) is 60.7 Å². The van der Waals surface area contributed by atoms with Crippen LogP contribution < -0.4 is 0 Å². The van der Waals surface area contributed by atoms with Crippen molar-refractivity contribution in [1.82, 2.24) is 0 Å². The Morgan fingerprint density at radius 1 is 0.950 bits per heavy atom. The SMILES string of the molecule is Cc1ccc(C(Br)c2cccc3ccccc23)cc1F. The first-order valence-corrected chi connectivity index (χ1v) is 7.46. The first-order valence-electron chi connectivity index (χ1n) is 6.54. The second-order valence-corrected chi connectivity index (χ2v) is 5.86. The summed E-state index contributed by atoms with van der Waals surface area (Å²) in [6.07, 6.45) is 0. The van der Waals surface area contributed by atoms with Crippen LogP contribution in [-0.2, 0) is 0 Å². The quantitative estimate of drug-likeness (QED) is 0.524. The zero-order valence-electron chi connectivity index (χ0n) is 11.1. The fourth-order valence-electron chi connectivity index (χ4n) is 2.42. The monoisotopic (exact) mass is 328 g/mol. The average Bonchev–Trinajstić information content (AvgIpc) is 2.49. The molecule has 3 aromatic rings. The van der Waals surface area contributed by atoms with Crippen molar-refractivity contribution in [2.45, 2.75) is 11.8 Å². The molecule has 0 heterocycles. The Morgan fingerprint density at radius 2 is 1.70 bits per heavy atom. The van der Waals surface area contributed by atoms with E-state index >= 15 is 0 Å². The summed E-state index contributed by atoms with van der Waals surface area (Å²) >= 11 is 3.71. The van der Waals surface area contributed by atoms with Gasteiger partial charge in [-0.3, -0.25) is 0 Å². The molecule has 0 aromatic heterocycles. The van der Waals surface area contributed by atoms with Crippen LogP contribution in [0.3, 0.4) is 0 Å². The van der Waals surface area contributed by atoms with Gasteiger partial charge in [0.25, 0.3) is 0 Å². The molecule has 1 atom stereocenters. The van der Waals surface area contributed by atoms with Crippen molar-refractivity contribution in [1.29, 1.82) is 0 Å². The van der Waals surface area contributed by atoms with Gasteiger partial charge in [0, 0.05) is 0 Å². The van der Waals surface area contributed by atoms with Crippen molar-refractivity contribution >= 4 is 26.7 Å². The predicted molar refractivity (Wildman–Crippen MR) is 85.9 cm³/mol. The molecule has 0 N–H and O–H groups in total. The summed E-state index contributed by atoms with van der Waals surface area (Å²) in [5.41, 5.74) is 2.77. The minimum Gasteiger partial charge on any atom is -0.207 e. The van der Waals surface area contributed by atoms with Crippen LogP contribution in [0.4, 0.5) is 4.39 Å². The maximum Gasteiger partial charge on any atom is 0.126 e. The lowest BCUT2D eigenvalue weighted by Crippen LogP contribution is -1.96. The van der Waals surface area contributed by atoms with Crippen molar-refractivity contribution in [2.24, 2.45) is 0 Å². The molecule has 0 aliphatic carbocycles. The molecule has 0 aliphatic rings. The first-order chi connectivity index (χ1) is 9.66. The van der Waals surface area contributed by atoms with E-state index in [9.17, 15) is 4.39 Å². The molecule has 0 nitrogen and oxygen atoms in total. The fourth-order valence-corrected chi connectivity index (χ4v) is 3.10. The smallest absolute Gasteiger partial charge is 0.126 e. The molecule has 1 unspecified atom stereocenters. The Morgan fingerprint density at radius 3 is 2.50 bits per heavy atom. The van der Waals surface area contributed by atoms with Crippen LogP contribution in [0.2, 0.25) is 0 Å². The van der Waals surface area contributed by atoms with Gasteiger partial charge >= 0.3 is 0 Å². The summed E-state index contributed by atoms with van der Waals surface area (Å²) in [7, 11) is 0. The molecule has 0 bridgehead atoms. The second-order valence-electron chi connectivity index (χ2n) is 4.94. The summed E-state index contributed by atoms with van der Waals surface area (Å²) in [6, 6.07) is 19.9. The first kappa shape index (κ1) is 13.3. The summed E-state index contributed by atoms with van der Waals surface area (Å²) < 4.78 is 13.7. The van der Waals surface area contributed by atoms with Crippen LogP contribution in [0, 0.1) is 12.7 Å². The standard InChI is InChI=1S/C18H14BrF/c1-12-9-10-14(11-17(12)20)18(19)16-8-4-6-13-5-2-3-7-15(13)16/h2-11,18H,1H3. The third kappa shape index (κ3) is 2.36. The van der Waals surface area contributed by atoms with Gasteiger partial charge in [0.05, 0.1) is 4.83 Å². The van der Waals surface area contributed by atoms with Gasteiger partial charge in [0.15, 0.2) is 0 Å². The number of benzene rings is 3. The summed E-state index contributed by atoms with van der Waals surface area (Å²) in [5, 5.41) is 2.39. The molecule has 3 aromatic carbocycles. The van der Waals surface area contributed by atoms with E-state index in [1.165, 1.54) is 10.8 Å². The van der Waals surface area contributed by atoms with Gasteiger partial charge in [-0.05, 0) is 40.5 Å². The molecular weight excluding hydrogens is 315 g/mol. The van der Waals surface area contributed by atoms with Crippen LogP contribution in [0.25, 0.3) is 10.8 Å². The largest absolute Gasteiger partial charge is 0.207 e. The molecule has 20 heavy (non-hydrogen) atoms. The lowest BCUT2D eigenvalue weighted by molar-refractivity contribution is 0.616. The van der Waals surface area contributed by atoms with E-state index in [2.05, 4.69) is 40.2 Å². The van der Waals surface area contributed by atoms with E-state index in [0.717, 1.165) is 11.1 Å². The highest BCUT2D eigenvalue weighted by Gasteiger charge is 2.14. The van der Waals surface area contributed by atoms with Crippen molar-refractivity contribution < 1.29 is 4.39 Å². The third-order valence-corrected chi connectivity index (χ3v) is 4.61. The molecule has 100 valence electrons. The topological polar surface area (TPSA) is 0 Å². The van der Waals surface area contributed by atoms with E-state index in [-0.39, 0.29) is 10.6 Å². The minimum atomic E-state index is -0.160. The Hall–Kier alpha value is -1.67. The van der Waals surface area contributed by atoms with Crippen LogP contribution in [0.5, 0.6) is 0 Å². The Balaban J connectivity index is 2.12. The zero-order valence-corrected chi connectivity index (χ0v) is 12.7. The summed E-state index contributed by atoms with van der Waals surface area (Å²) in [5.74, 6) is -0.160. The maximum absolute atomic E-state index is 13.7. The molecule has 0 spiro atoms. The average molecular weight is 329 g/mol. The Kier molecular flexibility index (Phi) is 3.58. The maximum atomic E-state index is 13.7. The molecule has 2 heteroatoms. The van der Waals surface area contributed by atoms with E-state index in [1.54, 1.807) is 13.0 Å². The van der Waals surface area contributed by atoms with Gasteiger partial charge < -0.3 is 0 Å². The summed E-state index contributed by atoms with van der Waals surface area (Å²) in [6.45, 7) is 1.78. The lowest BCUT2D eigenvalue weighted by Gasteiger charge is -2.14. The van der Waals surface area contributed by atoms with Gasteiger partial charge in [-0.15, -0.1) is 0 Å². The molecule has 0 fully saturated rings. The second kappa shape index (κ2) is 5.37. The number of aryl methyl sites for hydroxylation is 1. The molecule has 3 rings (SSSR count). The number of hydrogen-bond acceptors (Lipinski definition) is 0. The van der Waals surface area contributed by atoms with Gasteiger partial charge in [0.2, 0.25) is 0 Å². The highest BCUT2D eigenvalue weighted by atomic mass is 79.9. The minimum absolute atomic E-state index is 0.0105. The van der Waals surface area contributed by atoms with Crippen LogP contribution >= 0.6 is 15.9 Å². The molecule has 0 amide bonds. The van der Waals surface area contributed by atoms with E-state index < -0.39 is 0 Å². The highest BCUT2D eigenvalue weighted by Crippen LogP contribution is 2.35. The van der Waals surface area contributed by atoms with Gasteiger partial charge in [-0.25, -0.2) is 4.39 Å². The Bertz CT molecular complexity index is 759. The lowest BCUT2D eigenvalue weighted by atomic mass is 9.98. The van der Waals surface area contributed by atoms with Gasteiger partial charge in [0.1, 0.15) is 5.82 Å². The van der Waals surface area contributed by atoms with Crippen molar-refractivity contribution in [2.75, 3.05) is 0 Å². The van der Waals surface area contributed by atoms with E-state index in [4.69, 9.17) is 0 Å². The number of halogens is 2. The van der Waals surface area contributed by atoms with Crippen molar-refractivity contribution in [3.63, 3.8) is 0 Å². The number of hydrogen-bond donors (Lipinski definition) is 0. The summed E-state index contributed by atoms with van der Waals surface area (Å²) in [4.78, 5) is -0.0105. The van der Waals surface area contributed by atoms with Crippen molar-refractivity contribution in [3.8, 4) is 0 Å². The predicted octanol–water partition coefficient (Wildman–Crippen LogP) is 5.77. The van der Waals surface area contributed by atoms with Gasteiger partial charge in [-0.2, -0.15) is 0 Å². The molecular formula is C18H14BrF. The molecule has 0 saturated heterocycles. The molecule has 0 aliphatic heterocycles.